The van der Waals surface area contributed by atoms with Crippen molar-refractivity contribution in [3.63, 3.8) is 0 Å². The summed E-state index contributed by atoms with van der Waals surface area (Å²) in [7, 11) is 1.42. The van der Waals surface area contributed by atoms with E-state index in [1.54, 1.807) is 10.3 Å². The van der Waals surface area contributed by atoms with Crippen molar-refractivity contribution < 1.29 is 23.6 Å². The molecule has 1 N–H and O–H groups in total. The van der Waals surface area contributed by atoms with Gasteiger partial charge in [0.2, 0.25) is 5.76 Å². The molecule has 0 bridgehead atoms. The number of nitrogens with zero attached hydrogens (tertiary/aromatic N) is 4. The standard InChI is InChI=1S/C27H31N5O5S/c1-5-8-9-12-18(6-2)13-10-11-15-32(7-3)26(35)22-20(36-4)17-19-21(29-22)24(37-31-19)23(33)25(34)30-27-28-14-16-38-27/h5-6,8,12,14,16-17H,2,7,9-11,13,15H2,1,3-4H3,(H,28,30,34)/b8-5-,18-12+. The van der Waals surface area contributed by atoms with Gasteiger partial charge in [0.25, 0.3) is 11.7 Å². The summed E-state index contributed by atoms with van der Waals surface area (Å²) in [6, 6.07) is 1.47. The van der Waals surface area contributed by atoms with Crippen LogP contribution in [0.2, 0.25) is 0 Å². The number of rotatable bonds is 14. The lowest BCUT2D eigenvalue weighted by Crippen LogP contribution is -2.32. The molecule has 0 radical (unpaired) electrons. The number of allylic oxidation sites excluding steroid dienone is 5. The molecule has 0 aliphatic rings. The Morgan fingerprint density at radius 3 is 2.76 bits per heavy atom. The number of ketones is 1. The Labute approximate surface area is 225 Å². The minimum atomic E-state index is -0.980. The number of thiazole rings is 1. The van der Waals surface area contributed by atoms with Gasteiger partial charge in [-0.25, -0.2) is 9.97 Å². The van der Waals surface area contributed by atoms with E-state index in [9.17, 15) is 14.4 Å². The van der Waals surface area contributed by atoms with Gasteiger partial charge in [0.1, 0.15) is 11.0 Å². The number of Topliss-reactive ketones (excluding diaryl/α,β-unsaturated/α-hetero) is 1. The highest BCUT2D eigenvalue weighted by Gasteiger charge is 2.29. The van der Waals surface area contributed by atoms with Crippen LogP contribution in [0.3, 0.4) is 0 Å². The number of nitrogens with one attached hydrogen (secondary N) is 1. The maximum Gasteiger partial charge on any atom is 0.302 e. The molecular formula is C27H31N5O5S. The van der Waals surface area contributed by atoms with Crippen molar-refractivity contribution in [2.75, 3.05) is 25.5 Å². The first-order valence-electron chi connectivity index (χ1n) is 12.2. The zero-order valence-electron chi connectivity index (χ0n) is 21.7. The van der Waals surface area contributed by atoms with Crippen LogP contribution in [0, 0.1) is 0 Å². The van der Waals surface area contributed by atoms with E-state index in [4.69, 9.17) is 9.26 Å². The molecule has 3 aromatic heterocycles. The first kappa shape index (κ1) is 28.5. The Morgan fingerprint density at radius 1 is 1.29 bits per heavy atom. The molecule has 0 aliphatic carbocycles. The Hall–Kier alpha value is -4.12. The van der Waals surface area contributed by atoms with E-state index in [0.717, 1.165) is 25.7 Å². The summed E-state index contributed by atoms with van der Waals surface area (Å²) >= 11 is 1.17. The zero-order valence-corrected chi connectivity index (χ0v) is 22.5. The normalized spacial score (nSPS) is 11.6. The Bertz CT molecular complexity index is 1340. The average Bonchev–Trinajstić information content (AvgIpc) is 3.60. The number of aromatic nitrogens is 3. The number of anilines is 1. The predicted molar refractivity (Wildman–Crippen MR) is 147 cm³/mol. The van der Waals surface area contributed by atoms with Crippen molar-refractivity contribution in [3.05, 3.63) is 65.6 Å². The molecular weight excluding hydrogens is 506 g/mol. The lowest BCUT2D eigenvalue weighted by atomic mass is 10.1. The van der Waals surface area contributed by atoms with Gasteiger partial charge >= 0.3 is 5.91 Å². The van der Waals surface area contributed by atoms with Crippen LogP contribution in [0.15, 0.2) is 58.6 Å². The minimum Gasteiger partial charge on any atom is -0.494 e. The van der Waals surface area contributed by atoms with E-state index in [-0.39, 0.29) is 39.3 Å². The predicted octanol–water partition coefficient (Wildman–Crippen LogP) is 5.22. The van der Waals surface area contributed by atoms with E-state index in [0.29, 0.717) is 13.1 Å². The van der Waals surface area contributed by atoms with Crippen molar-refractivity contribution in [3.8, 4) is 5.75 Å². The average molecular weight is 538 g/mol. The fourth-order valence-corrected chi connectivity index (χ4v) is 4.21. The largest absolute Gasteiger partial charge is 0.494 e. The van der Waals surface area contributed by atoms with Crippen molar-refractivity contribution in [2.45, 2.75) is 39.5 Å². The van der Waals surface area contributed by atoms with Crippen LogP contribution in [0.5, 0.6) is 5.75 Å². The quantitative estimate of drug-likeness (QED) is 0.0975. The number of amides is 2. The highest BCUT2D eigenvalue weighted by atomic mass is 32.1. The van der Waals surface area contributed by atoms with Crippen LogP contribution in [-0.4, -0.2) is 57.8 Å². The molecule has 3 rings (SSSR count). The molecule has 200 valence electrons. The monoisotopic (exact) mass is 537 g/mol. The van der Waals surface area contributed by atoms with Gasteiger partial charge in [0.15, 0.2) is 16.6 Å². The second-order valence-corrected chi connectivity index (χ2v) is 9.06. The van der Waals surface area contributed by atoms with Gasteiger partial charge in [-0.1, -0.05) is 41.6 Å². The van der Waals surface area contributed by atoms with Crippen molar-refractivity contribution in [1.82, 2.24) is 20.0 Å². The zero-order chi connectivity index (χ0) is 27.5. The lowest BCUT2D eigenvalue weighted by Gasteiger charge is -2.21. The highest BCUT2D eigenvalue weighted by molar-refractivity contribution is 7.13. The van der Waals surface area contributed by atoms with E-state index in [2.05, 4.69) is 39.2 Å². The molecule has 0 spiro atoms. The Balaban J connectivity index is 1.75. The topological polar surface area (TPSA) is 128 Å². The number of pyridine rings is 1. The van der Waals surface area contributed by atoms with Crippen molar-refractivity contribution >= 4 is 45.1 Å². The van der Waals surface area contributed by atoms with Crippen LogP contribution < -0.4 is 10.1 Å². The molecule has 0 aliphatic heterocycles. The Morgan fingerprint density at radius 2 is 2.11 bits per heavy atom. The smallest absolute Gasteiger partial charge is 0.302 e. The van der Waals surface area contributed by atoms with Crippen LogP contribution >= 0.6 is 11.3 Å². The summed E-state index contributed by atoms with van der Waals surface area (Å²) in [4.78, 5) is 48.6. The third-order valence-electron chi connectivity index (χ3n) is 5.73. The molecule has 0 atom stereocenters. The number of ether oxygens (including phenoxy) is 1. The summed E-state index contributed by atoms with van der Waals surface area (Å²) in [6.07, 6.45) is 13.0. The minimum absolute atomic E-state index is 0.00591. The molecule has 2 amide bonds. The third-order valence-corrected chi connectivity index (χ3v) is 6.42. The molecule has 3 heterocycles. The number of carbonyl (C=O) groups excluding carboxylic acids is 3. The van der Waals surface area contributed by atoms with Crippen LogP contribution in [0.4, 0.5) is 5.13 Å². The summed E-state index contributed by atoms with van der Waals surface area (Å²) in [5, 5.41) is 8.17. The summed E-state index contributed by atoms with van der Waals surface area (Å²) in [6.45, 7) is 8.73. The number of hydrogen-bond acceptors (Lipinski definition) is 9. The van der Waals surface area contributed by atoms with Crippen LogP contribution in [-0.2, 0) is 4.79 Å². The van der Waals surface area contributed by atoms with E-state index in [1.807, 2.05) is 26.0 Å². The first-order chi connectivity index (χ1) is 18.4. The molecule has 0 aromatic carbocycles. The van der Waals surface area contributed by atoms with Crippen molar-refractivity contribution in [2.24, 2.45) is 0 Å². The summed E-state index contributed by atoms with van der Waals surface area (Å²) in [5.74, 6) is -2.45. The fraction of sp³-hybridized carbons (Fsp3) is 0.333. The number of fused-ring (bicyclic) bond motifs is 1. The van der Waals surface area contributed by atoms with Gasteiger partial charge in [0, 0.05) is 30.7 Å². The summed E-state index contributed by atoms with van der Waals surface area (Å²) in [5.41, 5.74) is 1.38. The molecule has 0 saturated carbocycles. The fourth-order valence-electron chi connectivity index (χ4n) is 3.69. The van der Waals surface area contributed by atoms with Gasteiger partial charge < -0.3 is 14.2 Å². The van der Waals surface area contributed by atoms with Gasteiger partial charge in [0.05, 0.1) is 7.11 Å². The van der Waals surface area contributed by atoms with Crippen LogP contribution in [0.1, 0.15) is 60.6 Å². The second kappa shape index (κ2) is 14.0. The van der Waals surface area contributed by atoms with E-state index in [1.165, 1.54) is 36.3 Å². The number of methoxy groups -OCH3 is 1. The van der Waals surface area contributed by atoms with Crippen LogP contribution in [0.25, 0.3) is 11.0 Å². The molecule has 0 saturated heterocycles. The molecule has 0 unspecified atom stereocenters. The highest BCUT2D eigenvalue weighted by Crippen LogP contribution is 2.27. The Kier molecular flexibility index (Phi) is 10.5. The maximum atomic E-state index is 13.4. The van der Waals surface area contributed by atoms with Gasteiger partial charge in [-0.3, -0.25) is 19.7 Å². The van der Waals surface area contributed by atoms with Gasteiger partial charge in [-0.2, -0.15) is 0 Å². The number of hydrogen-bond donors (Lipinski definition) is 1. The molecule has 38 heavy (non-hydrogen) atoms. The molecule has 0 fully saturated rings. The summed E-state index contributed by atoms with van der Waals surface area (Å²) < 4.78 is 10.5. The second-order valence-electron chi connectivity index (χ2n) is 8.17. The third kappa shape index (κ3) is 7.00. The SMILES string of the molecule is C=C/C(=C\C/C=C\C)CCCCN(CC)C(=O)c1nc2c(C(=O)C(=O)Nc3nccs3)onc2cc1OC. The first-order valence-corrected chi connectivity index (χ1v) is 13.1. The van der Waals surface area contributed by atoms with E-state index >= 15 is 0 Å². The van der Waals surface area contributed by atoms with Gasteiger partial charge in [-0.05, 0) is 39.5 Å². The van der Waals surface area contributed by atoms with Crippen molar-refractivity contribution in [1.29, 1.82) is 0 Å². The van der Waals surface area contributed by atoms with E-state index < -0.39 is 11.7 Å². The molecule has 10 nitrogen and oxygen atoms in total. The lowest BCUT2D eigenvalue weighted by molar-refractivity contribution is -0.112. The maximum absolute atomic E-state index is 13.4. The molecule has 11 heteroatoms. The van der Waals surface area contributed by atoms with Gasteiger partial charge in [-0.15, -0.1) is 11.3 Å². The number of unbranched alkanes of at least 4 members (excludes halogenated alkanes) is 1. The molecule has 3 aromatic rings. The number of carbonyl (C=O) groups is 3.